The zero-order chi connectivity index (χ0) is 29.1. The quantitative estimate of drug-likeness (QED) is 0.146. The molecule has 0 saturated heterocycles. The highest BCUT2D eigenvalue weighted by Crippen LogP contribution is 2.35. The number of nitrogens with two attached hydrogens (primary N) is 1. The number of benzene rings is 3. The van der Waals surface area contributed by atoms with Crippen LogP contribution in [0.2, 0.25) is 0 Å². The number of halogens is 2. The van der Waals surface area contributed by atoms with E-state index in [4.69, 9.17) is 15.2 Å². The lowest BCUT2D eigenvalue weighted by molar-refractivity contribution is 0.0600. The van der Waals surface area contributed by atoms with Crippen molar-refractivity contribution in [1.29, 1.82) is 0 Å². The number of pyridine rings is 2. The number of hydrogen-bond acceptors (Lipinski definition) is 9. The van der Waals surface area contributed by atoms with Crippen molar-refractivity contribution in [3.8, 4) is 28.1 Å². The monoisotopic (exact) mass is 574 g/mol. The Labute approximate surface area is 238 Å². The second kappa shape index (κ2) is 11.8. The average Bonchev–Trinajstić information content (AvgIpc) is 2.99. The summed E-state index contributed by atoms with van der Waals surface area (Å²) in [4.78, 5) is 21.3. The number of hydrogen-bond donors (Lipinski definition) is 3. The number of aromatic nitrogens is 2. The lowest BCUT2D eigenvalue weighted by Gasteiger charge is -2.13. The number of anilines is 2. The van der Waals surface area contributed by atoms with Crippen LogP contribution in [0.5, 0.6) is 5.88 Å². The summed E-state index contributed by atoms with van der Waals surface area (Å²) in [5, 5.41) is 10.5. The standard InChI is InChI=1S/C30H24F2N4O4S/c1-39-29-26(36-41-27-6-4-22(31)13-24(27)32)12-21(14-34-29)17-3-5-25-19(9-17)11-23(28(33)35-25)18-7-16(15-37)8-20(10-18)30(38)40-2/h3-14,36-37H,15H2,1-2H3,(H2,33,35). The number of rotatable bonds is 8. The maximum absolute atomic E-state index is 14.1. The van der Waals surface area contributed by atoms with Gasteiger partial charge in [0.15, 0.2) is 0 Å². The van der Waals surface area contributed by atoms with Crippen LogP contribution in [0.4, 0.5) is 20.3 Å². The minimum Gasteiger partial charge on any atom is -0.480 e. The summed E-state index contributed by atoms with van der Waals surface area (Å²) < 4.78 is 40.7. The Kier molecular flexibility index (Phi) is 7.99. The number of esters is 1. The largest absolute Gasteiger partial charge is 0.480 e. The molecular formula is C30H24F2N4O4S. The Morgan fingerprint density at radius 1 is 1.00 bits per heavy atom. The Morgan fingerprint density at radius 2 is 1.83 bits per heavy atom. The summed E-state index contributed by atoms with van der Waals surface area (Å²) in [6.45, 7) is -0.268. The summed E-state index contributed by atoms with van der Waals surface area (Å²) in [7, 11) is 2.76. The van der Waals surface area contributed by atoms with Crippen molar-refractivity contribution >= 4 is 40.3 Å². The summed E-state index contributed by atoms with van der Waals surface area (Å²) in [5.41, 5.74) is 11.0. The summed E-state index contributed by atoms with van der Waals surface area (Å²) in [6.07, 6.45) is 1.65. The number of nitrogens with one attached hydrogen (secondary N) is 1. The molecule has 0 spiro atoms. The molecule has 0 aliphatic heterocycles. The first-order valence-electron chi connectivity index (χ1n) is 12.3. The number of aliphatic hydroxyl groups excluding tert-OH is 1. The van der Waals surface area contributed by atoms with Crippen LogP contribution in [0.25, 0.3) is 33.2 Å². The van der Waals surface area contributed by atoms with E-state index in [0.29, 0.717) is 33.8 Å². The second-order valence-corrected chi connectivity index (χ2v) is 9.80. The Balaban J connectivity index is 1.52. The van der Waals surface area contributed by atoms with Crippen molar-refractivity contribution < 1.29 is 28.2 Å². The molecule has 4 N–H and O–H groups in total. The Bertz CT molecular complexity index is 1780. The molecule has 208 valence electrons. The van der Waals surface area contributed by atoms with E-state index in [0.717, 1.165) is 34.5 Å². The molecule has 0 radical (unpaired) electrons. The zero-order valence-electron chi connectivity index (χ0n) is 21.9. The van der Waals surface area contributed by atoms with Gasteiger partial charge in [-0.1, -0.05) is 6.07 Å². The van der Waals surface area contributed by atoms with Gasteiger partial charge >= 0.3 is 5.97 Å². The second-order valence-electron chi connectivity index (χ2n) is 8.96. The summed E-state index contributed by atoms with van der Waals surface area (Å²) in [6, 6.07) is 17.6. The lowest BCUT2D eigenvalue weighted by atomic mass is 9.98. The van der Waals surface area contributed by atoms with Crippen LogP contribution in [0.1, 0.15) is 15.9 Å². The highest BCUT2D eigenvalue weighted by atomic mass is 32.2. The van der Waals surface area contributed by atoms with Crippen LogP contribution in [0.15, 0.2) is 77.8 Å². The molecule has 2 heterocycles. The third-order valence-electron chi connectivity index (χ3n) is 6.29. The number of aliphatic hydroxyl groups is 1. The SMILES string of the molecule is COC(=O)c1cc(CO)cc(-c2cc3cc(-c4cnc(OC)c(NSc5ccc(F)cc5F)c4)ccc3nc2N)c1. The highest BCUT2D eigenvalue weighted by molar-refractivity contribution is 8.00. The van der Waals surface area contributed by atoms with Gasteiger partial charge in [0.1, 0.15) is 23.1 Å². The van der Waals surface area contributed by atoms with Gasteiger partial charge in [0, 0.05) is 28.8 Å². The predicted octanol–water partition coefficient (Wildman–Crippen LogP) is 6.23. The molecule has 0 saturated carbocycles. The van der Waals surface area contributed by atoms with Crippen molar-refractivity contribution in [2.24, 2.45) is 0 Å². The van der Waals surface area contributed by atoms with Crippen molar-refractivity contribution in [2.45, 2.75) is 11.5 Å². The molecule has 0 aliphatic carbocycles. The van der Waals surface area contributed by atoms with E-state index >= 15 is 0 Å². The fourth-order valence-corrected chi connectivity index (χ4v) is 4.95. The number of ether oxygens (including phenoxy) is 2. The van der Waals surface area contributed by atoms with E-state index in [1.807, 2.05) is 24.3 Å². The molecule has 11 heteroatoms. The molecule has 8 nitrogen and oxygen atoms in total. The third kappa shape index (κ3) is 5.91. The van der Waals surface area contributed by atoms with E-state index < -0.39 is 17.6 Å². The summed E-state index contributed by atoms with van der Waals surface area (Å²) in [5.74, 6) is -1.32. The van der Waals surface area contributed by atoms with Gasteiger partial charge in [0.2, 0.25) is 5.88 Å². The Hall–Kier alpha value is -4.74. The van der Waals surface area contributed by atoms with Crippen molar-refractivity contribution in [3.05, 3.63) is 95.7 Å². The van der Waals surface area contributed by atoms with Gasteiger partial charge in [-0.05, 0) is 83.2 Å². The number of methoxy groups -OCH3 is 2. The molecule has 41 heavy (non-hydrogen) atoms. The maximum Gasteiger partial charge on any atom is 0.337 e. The molecule has 0 unspecified atom stereocenters. The Morgan fingerprint density at radius 3 is 2.56 bits per heavy atom. The van der Waals surface area contributed by atoms with Gasteiger partial charge in [-0.25, -0.2) is 23.5 Å². The van der Waals surface area contributed by atoms with E-state index in [1.165, 1.54) is 26.4 Å². The topological polar surface area (TPSA) is 120 Å². The van der Waals surface area contributed by atoms with Crippen LogP contribution in [0.3, 0.4) is 0 Å². The number of nitrogens with zero attached hydrogens (tertiary/aromatic N) is 2. The number of carbonyl (C=O) groups is 1. The highest BCUT2D eigenvalue weighted by Gasteiger charge is 2.15. The first kappa shape index (κ1) is 27.8. The first-order valence-corrected chi connectivity index (χ1v) is 13.1. The van der Waals surface area contributed by atoms with Gasteiger partial charge in [0.25, 0.3) is 0 Å². The molecule has 5 rings (SSSR count). The fraction of sp³-hybridized carbons (Fsp3) is 0.100. The van der Waals surface area contributed by atoms with E-state index in [9.17, 15) is 18.7 Å². The van der Waals surface area contributed by atoms with Crippen molar-refractivity contribution in [2.75, 3.05) is 24.7 Å². The van der Waals surface area contributed by atoms with Gasteiger partial charge in [0.05, 0.1) is 36.8 Å². The predicted molar refractivity (Wildman–Crippen MR) is 154 cm³/mol. The third-order valence-corrected chi connectivity index (χ3v) is 7.17. The number of fused-ring (bicyclic) bond motifs is 1. The van der Waals surface area contributed by atoms with Crippen LogP contribution < -0.4 is 15.2 Å². The van der Waals surface area contributed by atoms with E-state index in [1.54, 1.807) is 30.5 Å². The smallest absolute Gasteiger partial charge is 0.337 e. The zero-order valence-corrected chi connectivity index (χ0v) is 22.8. The molecule has 0 amide bonds. The average molecular weight is 575 g/mol. The molecule has 0 fully saturated rings. The minimum atomic E-state index is -0.689. The van der Waals surface area contributed by atoms with Crippen molar-refractivity contribution in [1.82, 2.24) is 9.97 Å². The van der Waals surface area contributed by atoms with Crippen LogP contribution in [-0.4, -0.2) is 35.3 Å². The van der Waals surface area contributed by atoms with Gasteiger partial charge in [-0.3, -0.25) is 0 Å². The van der Waals surface area contributed by atoms with Gasteiger partial charge in [-0.2, -0.15) is 0 Å². The molecular weight excluding hydrogens is 550 g/mol. The fourth-order valence-electron chi connectivity index (χ4n) is 4.29. The lowest BCUT2D eigenvalue weighted by Crippen LogP contribution is -2.03. The van der Waals surface area contributed by atoms with E-state index in [2.05, 4.69) is 14.7 Å². The first-order chi connectivity index (χ1) is 19.8. The molecule has 3 aromatic carbocycles. The van der Waals surface area contributed by atoms with Crippen LogP contribution >= 0.6 is 11.9 Å². The van der Waals surface area contributed by atoms with Crippen molar-refractivity contribution in [3.63, 3.8) is 0 Å². The minimum absolute atomic E-state index is 0.210. The number of nitrogen functional groups attached to an aromatic ring is 1. The molecule has 0 atom stereocenters. The molecule has 2 aromatic heterocycles. The molecule has 0 aliphatic rings. The molecule has 5 aromatic rings. The maximum atomic E-state index is 14.1. The van der Waals surface area contributed by atoms with Gasteiger partial charge < -0.3 is 25.0 Å². The van der Waals surface area contributed by atoms with Crippen LogP contribution in [0, 0.1) is 11.6 Å². The normalized spacial score (nSPS) is 11.0. The molecule has 0 bridgehead atoms. The number of carbonyl (C=O) groups excluding carboxylic acids is 1. The van der Waals surface area contributed by atoms with E-state index in [-0.39, 0.29) is 22.9 Å². The van der Waals surface area contributed by atoms with Gasteiger partial charge in [-0.15, -0.1) is 0 Å². The van der Waals surface area contributed by atoms with Crippen LogP contribution in [-0.2, 0) is 11.3 Å². The summed E-state index contributed by atoms with van der Waals surface area (Å²) >= 11 is 0.967.